The van der Waals surface area contributed by atoms with Crippen LogP contribution in [0.3, 0.4) is 0 Å². The predicted molar refractivity (Wildman–Crippen MR) is 92.4 cm³/mol. The summed E-state index contributed by atoms with van der Waals surface area (Å²) in [6.45, 7) is 6.71. The molecule has 0 saturated carbocycles. The van der Waals surface area contributed by atoms with Crippen LogP contribution in [0.5, 0.6) is 0 Å². The lowest BCUT2D eigenvalue weighted by Gasteiger charge is -2.22. The van der Waals surface area contributed by atoms with Gasteiger partial charge in [-0.1, -0.05) is 56.8 Å². The van der Waals surface area contributed by atoms with Crippen molar-refractivity contribution in [2.24, 2.45) is 11.7 Å². The highest BCUT2D eigenvalue weighted by atomic mass is 32.1. The molecule has 0 spiro atoms. The quantitative estimate of drug-likeness (QED) is 0.804. The number of nitrogens with one attached hydrogen (secondary N) is 1. The van der Waals surface area contributed by atoms with Crippen LogP contribution in [0.2, 0.25) is 0 Å². The second kappa shape index (κ2) is 6.23. The first-order chi connectivity index (χ1) is 9.54. The number of thiocarbonyl (C=S) groups is 1. The molecule has 2 aromatic carbocycles. The van der Waals surface area contributed by atoms with Gasteiger partial charge in [-0.15, -0.1) is 0 Å². The summed E-state index contributed by atoms with van der Waals surface area (Å²) < 4.78 is 0. The highest BCUT2D eigenvalue weighted by molar-refractivity contribution is 7.80. The molecule has 0 heterocycles. The zero-order valence-electron chi connectivity index (χ0n) is 12.3. The summed E-state index contributed by atoms with van der Waals surface area (Å²) >= 11 is 5.14. The molecule has 0 saturated heterocycles. The van der Waals surface area contributed by atoms with E-state index >= 15 is 0 Å². The first-order valence-electron chi connectivity index (χ1n) is 7.12. The SMILES string of the molecule is CCC(C)C(C)Nc1ccc(C(N)=S)c2ccccc12. The average Bonchev–Trinajstić information content (AvgIpc) is 2.46. The van der Waals surface area contributed by atoms with Gasteiger partial charge in [0.1, 0.15) is 4.99 Å². The molecule has 0 amide bonds. The Kier molecular flexibility index (Phi) is 4.61. The van der Waals surface area contributed by atoms with Gasteiger partial charge in [-0.05, 0) is 30.4 Å². The third-order valence-corrected chi connectivity index (χ3v) is 4.29. The molecule has 2 nitrogen and oxygen atoms in total. The highest BCUT2D eigenvalue weighted by Gasteiger charge is 2.13. The summed E-state index contributed by atoms with van der Waals surface area (Å²) in [6.07, 6.45) is 1.16. The van der Waals surface area contributed by atoms with Crippen molar-refractivity contribution in [1.29, 1.82) is 0 Å². The summed E-state index contributed by atoms with van der Waals surface area (Å²) in [5.41, 5.74) is 7.90. The molecule has 0 bridgehead atoms. The Morgan fingerprint density at radius 3 is 2.40 bits per heavy atom. The second-order valence-electron chi connectivity index (χ2n) is 5.39. The summed E-state index contributed by atoms with van der Waals surface area (Å²) in [7, 11) is 0. The van der Waals surface area contributed by atoms with E-state index < -0.39 is 0 Å². The summed E-state index contributed by atoms with van der Waals surface area (Å²) in [4.78, 5) is 0.447. The van der Waals surface area contributed by atoms with E-state index in [2.05, 4.69) is 44.3 Å². The second-order valence-corrected chi connectivity index (χ2v) is 5.83. The number of anilines is 1. The van der Waals surface area contributed by atoms with Crippen LogP contribution in [0, 0.1) is 5.92 Å². The fourth-order valence-corrected chi connectivity index (χ4v) is 2.56. The molecule has 106 valence electrons. The minimum atomic E-state index is 0.430. The maximum atomic E-state index is 5.81. The number of hydrogen-bond acceptors (Lipinski definition) is 2. The van der Waals surface area contributed by atoms with E-state index in [0.717, 1.165) is 23.1 Å². The monoisotopic (exact) mass is 286 g/mol. The molecule has 0 aliphatic carbocycles. The molecule has 0 aliphatic heterocycles. The maximum Gasteiger partial charge on any atom is 0.104 e. The van der Waals surface area contributed by atoms with Crippen molar-refractivity contribution in [2.45, 2.75) is 33.2 Å². The Balaban J connectivity index is 2.46. The van der Waals surface area contributed by atoms with Crippen LogP contribution in [0.25, 0.3) is 10.8 Å². The Morgan fingerprint density at radius 2 is 1.80 bits per heavy atom. The van der Waals surface area contributed by atoms with Crippen molar-refractivity contribution < 1.29 is 0 Å². The van der Waals surface area contributed by atoms with Crippen LogP contribution in [0.4, 0.5) is 5.69 Å². The Hall–Kier alpha value is -1.61. The van der Waals surface area contributed by atoms with Crippen LogP contribution < -0.4 is 11.1 Å². The maximum absolute atomic E-state index is 5.81. The van der Waals surface area contributed by atoms with Gasteiger partial charge in [-0.3, -0.25) is 0 Å². The number of fused-ring (bicyclic) bond motifs is 1. The summed E-state index contributed by atoms with van der Waals surface area (Å²) in [6, 6.07) is 12.8. The normalized spacial score (nSPS) is 13.9. The van der Waals surface area contributed by atoms with Gasteiger partial charge in [-0.2, -0.15) is 0 Å². The first kappa shape index (κ1) is 14.8. The Labute approximate surface area is 126 Å². The van der Waals surface area contributed by atoms with Crippen molar-refractivity contribution >= 4 is 33.7 Å². The molecule has 0 radical (unpaired) electrons. The van der Waals surface area contributed by atoms with Gasteiger partial charge in [0.2, 0.25) is 0 Å². The van der Waals surface area contributed by atoms with Gasteiger partial charge in [-0.25, -0.2) is 0 Å². The summed E-state index contributed by atoms with van der Waals surface area (Å²) in [5.74, 6) is 0.629. The van der Waals surface area contributed by atoms with E-state index in [0.29, 0.717) is 16.9 Å². The van der Waals surface area contributed by atoms with Gasteiger partial charge in [0.05, 0.1) is 0 Å². The van der Waals surface area contributed by atoms with Crippen LogP contribution >= 0.6 is 12.2 Å². The molecular weight excluding hydrogens is 264 g/mol. The largest absolute Gasteiger partial charge is 0.389 e. The zero-order valence-corrected chi connectivity index (χ0v) is 13.1. The smallest absolute Gasteiger partial charge is 0.104 e. The Bertz CT molecular complexity index is 621. The lowest BCUT2D eigenvalue weighted by Crippen LogP contribution is -2.23. The number of nitrogens with two attached hydrogens (primary N) is 1. The van der Waals surface area contributed by atoms with Gasteiger partial charge in [0.15, 0.2) is 0 Å². The van der Waals surface area contributed by atoms with Crippen molar-refractivity contribution in [3.63, 3.8) is 0 Å². The molecule has 0 aliphatic rings. The fraction of sp³-hybridized carbons (Fsp3) is 0.353. The van der Waals surface area contributed by atoms with E-state index in [1.807, 2.05) is 18.2 Å². The predicted octanol–water partition coefficient (Wildman–Crippen LogP) is 4.32. The number of hydrogen-bond donors (Lipinski definition) is 2. The third-order valence-electron chi connectivity index (χ3n) is 4.07. The van der Waals surface area contributed by atoms with E-state index in [1.165, 1.54) is 5.39 Å². The number of rotatable bonds is 5. The molecule has 0 fully saturated rings. The van der Waals surface area contributed by atoms with Crippen molar-refractivity contribution in [3.8, 4) is 0 Å². The third kappa shape index (κ3) is 2.93. The molecule has 3 N–H and O–H groups in total. The van der Waals surface area contributed by atoms with Crippen molar-refractivity contribution in [3.05, 3.63) is 42.0 Å². The molecule has 2 aromatic rings. The minimum Gasteiger partial charge on any atom is -0.389 e. The minimum absolute atomic E-state index is 0.430. The van der Waals surface area contributed by atoms with Crippen LogP contribution in [-0.2, 0) is 0 Å². The molecule has 2 rings (SSSR count). The highest BCUT2D eigenvalue weighted by Crippen LogP contribution is 2.28. The average molecular weight is 286 g/mol. The van der Waals surface area contributed by atoms with Gasteiger partial charge < -0.3 is 11.1 Å². The van der Waals surface area contributed by atoms with Gasteiger partial charge in [0.25, 0.3) is 0 Å². The van der Waals surface area contributed by atoms with Crippen LogP contribution in [0.15, 0.2) is 36.4 Å². The van der Waals surface area contributed by atoms with E-state index in [9.17, 15) is 0 Å². The number of benzene rings is 2. The lowest BCUT2D eigenvalue weighted by atomic mass is 9.98. The summed E-state index contributed by atoms with van der Waals surface area (Å²) in [5, 5.41) is 5.90. The van der Waals surface area contributed by atoms with Crippen LogP contribution in [-0.4, -0.2) is 11.0 Å². The zero-order chi connectivity index (χ0) is 14.7. The standard InChI is InChI=1S/C17H22N2S/c1-4-11(2)12(3)19-16-10-9-15(17(18)20)13-7-5-6-8-14(13)16/h5-12,19H,4H2,1-3H3,(H2,18,20). The molecule has 2 atom stereocenters. The van der Waals surface area contributed by atoms with Crippen LogP contribution in [0.1, 0.15) is 32.8 Å². The lowest BCUT2D eigenvalue weighted by molar-refractivity contribution is 0.495. The van der Waals surface area contributed by atoms with Gasteiger partial charge >= 0.3 is 0 Å². The molecule has 3 heteroatoms. The van der Waals surface area contributed by atoms with E-state index in [4.69, 9.17) is 18.0 Å². The van der Waals surface area contributed by atoms with E-state index in [-0.39, 0.29) is 0 Å². The van der Waals surface area contributed by atoms with Crippen molar-refractivity contribution in [2.75, 3.05) is 5.32 Å². The fourth-order valence-electron chi connectivity index (χ4n) is 2.38. The van der Waals surface area contributed by atoms with Gasteiger partial charge in [0, 0.05) is 22.7 Å². The molecule has 2 unspecified atom stereocenters. The van der Waals surface area contributed by atoms with Crippen molar-refractivity contribution in [1.82, 2.24) is 0 Å². The Morgan fingerprint density at radius 1 is 1.15 bits per heavy atom. The molecule has 20 heavy (non-hydrogen) atoms. The topological polar surface area (TPSA) is 38.0 Å². The molecule has 0 aromatic heterocycles. The van der Waals surface area contributed by atoms with E-state index in [1.54, 1.807) is 0 Å². The molecular formula is C17H22N2S. The first-order valence-corrected chi connectivity index (χ1v) is 7.53.